The fraction of sp³-hybridized carbons (Fsp3) is 0.143. The summed E-state index contributed by atoms with van der Waals surface area (Å²) in [6.45, 7) is 2.14. The van der Waals surface area contributed by atoms with Crippen molar-refractivity contribution in [3.63, 3.8) is 0 Å². The number of hydrogen-bond acceptors (Lipinski definition) is 0. The van der Waals surface area contributed by atoms with Gasteiger partial charge >= 0.3 is 109 Å². The van der Waals surface area contributed by atoms with Crippen molar-refractivity contribution >= 4 is 38.5 Å². The summed E-state index contributed by atoms with van der Waals surface area (Å²) in [5, 5.41) is 0. The molecular formula is C14H15ClSn. The van der Waals surface area contributed by atoms with Crippen molar-refractivity contribution in [2.45, 2.75) is 10.3 Å². The fourth-order valence-electron chi connectivity index (χ4n) is 2.04. The zero-order valence-electron chi connectivity index (χ0n) is 9.31. The Labute approximate surface area is 109 Å². The van der Waals surface area contributed by atoms with E-state index in [1.54, 1.807) is 0 Å². The van der Waals surface area contributed by atoms with Crippen LogP contribution in [0.5, 0.6) is 0 Å². The van der Waals surface area contributed by atoms with Crippen molar-refractivity contribution in [1.29, 1.82) is 0 Å². The molecule has 0 N–H and O–H groups in total. The molecule has 0 nitrogen and oxygen atoms in total. The molecule has 2 aromatic carbocycles. The van der Waals surface area contributed by atoms with Crippen molar-refractivity contribution in [3.8, 4) is 0 Å². The Hall–Kier alpha value is -0.471. The van der Waals surface area contributed by atoms with Crippen LogP contribution in [0.2, 0.25) is 0 Å². The maximum absolute atomic E-state index is 6.41. The summed E-state index contributed by atoms with van der Waals surface area (Å²) in [6.07, 6.45) is 0. The number of alkyl halides is 1. The molecule has 0 heterocycles. The van der Waals surface area contributed by atoms with Crippen LogP contribution in [-0.4, -0.2) is 23.2 Å². The minimum atomic E-state index is -2.04. The van der Waals surface area contributed by atoms with E-state index >= 15 is 0 Å². The van der Waals surface area contributed by atoms with Gasteiger partial charge in [0.2, 0.25) is 0 Å². The molecule has 0 bridgehead atoms. The van der Waals surface area contributed by atoms with Crippen LogP contribution in [0.3, 0.4) is 0 Å². The second-order valence-electron chi connectivity index (χ2n) is 3.98. The SMILES string of the molecule is C[CH](Cl)[SnH]([c]1ccccc1)[c]1ccccc1. The van der Waals surface area contributed by atoms with E-state index in [-0.39, 0.29) is 0 Å². The van der Waals surface area contributed by atoms with Crippen molar-refractivity contribution in [2.75, 3.05) is 0 Å². The summed E-state index contributed by atoms with van der Waals surface area (Å²) in [5.74, 6) is 0. The first-order valence-corrected chi connectivity index (χ1v) is 11.2. The van der Waals surface area contributed by atoms with Crippen LogP contribution in [0, 0.1) is 0 Å². The van der Waals surface area contributed by atoms with Gasteiger partial charge in [-0.2, -0.15) is 0 Å². The Morgan fingerprint density at radius 3 is 1.50 bits per heavy atom. The van der Waals surface area contributed by atoms with Gasteiger partial charge in [0, 0.05) is 0 Å². The third-order valence-corrected chi connectivity index (χ3v) is 13.4. The van der Waals surface area contributed by atoms with Crippen LogP contribution < -0.4 is 7.16 Å². The third kappa shape index (κ3) is 2.80. The van der Waals surface area contributed by atoms with Crippen molar-refractivity contribution < 1.29 is 0 Å². The van der Waals surface area contributed by atoms with E-state index in [1.807, 2.05) is 0 Å². The molecule has 0 spiro atoms. The van der Waals surface area contributed by atoms with Gasteiger partial charge in [-0.05, 0) is 0 Å². The van der Waals surface area contributed by atoms with Gasteiger partial charge in [0.05, 0.1) is 0 Å². The molecule has 2 heteroatoms. The molecule has 0 aliphatic carbocycles. The van der Waals surface area contributed by atoms with Crippen LogP contribution in [0.15, 0.2) is 60.7 Å². The predicted molar refractivity (Wildman–Crippen MR) is 74.6 cm³/mol. The molecule has 0 aliphatic heterocycles. The molecular weight excluding hydrogens is 322 g/mol. The number of hydrogen-bond donors (Lipinski definition) is 0. The number of rotatable bonds is 3. The summed E-state index contributed by atoms with van der Waals surface area (Å²) in [7, 11) is 0. The van der Waals surface area contributed by atoms with E-state index in [4.69, 9.17) is 11.6 Å². The standard InChI is InChI=1S/2C6H5.C2H4Cl.Sn.H/c2*1-2-4-6-5-3-1;1-2-3;;/h2*1-5H;2H,1H3;;. The summed E-state index contributed by atoms with van der Waals surface area (Å²) >= 11 is 4.37. The van der Waals surface area contributed by atoms with Gasteiger partial charge in [0.1, 0.15) is 0 Å². The summed E-state index contributed by atoms with van der Waals surface area (Å²) in [5.41, 5.74) is 0. The van der Waals surface area contributed by atoms with Crippen LogP contribution in [0.1, 0.15) is 6.92 Å². The van der Waals surface area contributed by atoms with Crippen molar-refractivity contribution in [3.05, 3.63) is 60.7 Å². The first-order chi connectivity index (χ1) is 7.79. The van der Waals surface area contributed by atoms with Crippen LogP contribution in [0.25, 0.3) is 0 Å². The number of benzene rings is 2. The van der Waals surface area contributed by atoms with Crippen LogP contribution >= 0.6 is 11.6 Å². The Balaban J connectivity index is 2.40. The van der Waals surface area contributed by atoms with Crippen molar-refractivity contribution in [1.82, 2.24) is 0 Å². The zero-order valence-corrected chi connectivity index (χ0v) is 13.4. The van der Waals surface area contributed by atoms with Gasteiger partial charge in [-0.15, -0.1) is 0 Å². The van der Waals surface area contributed by atoms with Crippen LogP contribution in [0.4, 0.5) is 0 Å². The molecule has 0 amide bonds. The molecule has 0 saturated carbocycles. The first kappa shape index (κ1) is 12.0. The molecule has 82 valence electrons. The molecule has 0 aromatic heterocycles. The third-order valence-electron chi connectivity index (χ3n) is 2.78. The molecule has 2 rings (SSSR count). The Morgan fingerprint density at radius 1 is 0.812 bits per heavy atom. The van der Waals surface area contributed by atoms with Gasteiger partial charge in [-0.25, -0.2) is 0 Å². The Morgan fingerprint density at radius 2 is 1.19 bits per heavy atom. The van der Waals surface area contributed by atoms with E-state index in [0.29, 0.717) is 3.39 Å². The zero-order chi connectivity index (χ0) is 11.4. The summed E-state index contributed by atoms with van der Waals surface area (Å²) < 4.78 is 3.27. The molecule has 0 radical (unpaired) electrons. The van der Waals surface area contributed by atoms with E-state index in [0.717, 1.165) is 0 Å². The Kier molecular flexibility index (Phi) is 4.30. The maximum atomic E-state index is 6.41. The normalized spacial score (nSPS) is 12.7. The fourth-order valence-corrected chi connectivity index (χ4v) is 11.8. The average molecular weight is 337 g/mol. The topological polar surface area (TPSA) is 0 Å². The monoisotopic (exact) mass is 338 g/mol. The summed E-state index contributed by atoms with van der Waals surface area (Å²) in [4.78, 5) is 0. The minimum absolute atomic E-state index is 0.298. The average Bonchev–Trinajstić information content (AvgIpc) is 2.31. The van der Waals surface area contributed by atoms with Gasteiger partial charge in [-0.1, -0.05) is 0 Å². The molecule has 0 aliphatic rings. The first-order valence-electron chi connectivity index (χ1n) is 5.53. The molecule has 0 fully saturated rings. The Bertz CT molecular complexity index is 386. The molecule has 1 unspecified atom stereocenters. The summed E-state index contributed by atoms with van der Waals surface area (Å²) in [6, 6.07) is 21.5. The van der Waals surface area contributed by atoms with E-state index in [2.05, 4.69) is 67.6 Å². The van der Waals surface area contributed by atoms with E-state index in [9.17, 15) is 0 Å². The second kappa shape index (κ2) is 5.74. The van der Waals surface area contributed by atoms with Crippen molar-refractivity contribution in [2.24, 2.45) is 0 Å². The second-order valence-corrected chi connectivity index (χ2v) is 15.3. The van der Waals surface area contributed by atoms with E-state index < -0.39 is 19.8 Å². The van der Waals surface area contributed by atoms with Crippen LogP contribution in [-0.2, 0) is 0 Å². The van der Waals surface area contributed by atoms with Gasteiger partial charge in [0.15, 0.2) is 0 Å². The predicted octanol–water partition coefficient (Wildman–Crippen LogP) is 2.19. The molecule has 2 aromatic rings. The molecule has 0 saturated heterocycles. The molecule has 1 atom stereocenters. The van der Waals surface area contributed by atoms with Gasteiger partial charge < -0.3 is 0 Å². The van der Waals surface area contributed by atoms with Gasteiger partial charge in [0.25, 0.3) is 0 Å². The number of halogens is 1. The van der Waals surface area contributed by atoms with E-state index in [1.165, 1.54) is 7.16 Å². The molecule has 16 heavy (non-hydrogen) atoms. The quantitative estimate of drug-likeness (QED) is 0.595. The van der Waals surface area contributed by atoms with Gasteiger partial charge in [-0.3, -0.25) is 0 Å².